The lowest BCUT2D eigenvalue weighted by atomic mass is 9.91. The van der Waals surface area contributed by atoms with E-state index >= 15 is 0 Å². The first kappa shape index (κ1) is 25.3. The minimum absolute atomic E-state index is 0.00776. The highest BCUT2D eigenvalue weighted by molar-refractivity contribution is 7.51. The third-order valence-electron chi connectivity index (χ3n) is 5.59. The van der Waals surface area contributed by atoms with Gasteiger partial charge in [-0.3, -0.25) is 4.57 Å². The molecule has 2 N–H and O–H groups in total. The maximum Gasteiger partial charge on any atom is 0.325 e. The molecule has 0 radical (unpaired) electrons. The van der Waals surface area contributed by atoms with Gasteiger partial charge in [-0.2, -0.15) is 4.39 Å². The van der Waals surface area contributed by atoms with Gasteiger partial charge in [-0.1, -0.05) is 51.0 Å². The van der Waals surface area contributed by atoms with Crippen LogP contribution in [0.15, 0.2) is 12.1 Å². The molecular weight excluding hydrogens is 413 g/mol. The van der Waals surface area contributed by atoms with Crippen LogP contribution < -0.4 is 4.74 Å². The van der Waals surface area contributed by atoms with Crippen molar-refractivity contribution in [1.29, 1.82) is 0 Å². The average molecular weight is 448 g/mol. The number of rotatable bonds is 14. The molecule has 1 aliphatic heterocycles. The fraction of sp³-hybridized carbons (Fsp3) is 0.727. The van der Waals surface area contributed by atoms with Gasteiger partial charge in [0, 0.05) is 19.4 Å². The summed E-state index contributed by atoms with van der Waals surface area (Å²) in [7, 11) is -3.84. The number of hydrogen-bond acceptors (Lipinski definition) is 3. The predicted molar refractivity (Wildman–Crippen MR) is 113 cm³/mol. The first-order valence-electron chi connectivity index (χ1n) is 11.1. The van der Waals surface area contributed by atoms with Crippen LogP contribution in [0, 0.1) is 11.6 Å². The Morgan fingerprint density at radius 3 is 2.07 bits per heavy atom. The van der Waals surface area contributed by atoms with Gasteiger partial charge in [0.1, 0.15) is 0 Å². The third kappa shape index (κ3) is 9.42. The molecule has 172 valence electrons. The quantitative estimate of drug-likeness (QED) is 0.273. The van der Waals surface area contributed by atoms with E-state index in [1.54, 1.807) is 6.07 Å². The van der Waals surface area contributed by atoms with E-state index < -0.39 is 19.2 Å². The normalized spacial score (nSPS) is 15.5. The number of benzene rings is 1. The second-order valence-electron chi connectivity index (χ2n) is 8.09. The van der Waals surface area contributed by atoms with Gasteiger partial charge in [-0.25, -0.2) is 4.39 Å². The van der Waals surface area contributed by atoms with Crippen LogP contribution in [-0.4, -0.2) is 35.8 Å². The topological polar surface area (TPSA) is 76.0 Å². The SMILES string of the molecule is O=P(O)(O)CCCCCCCCCCCOc1ccc(C2CCOCC2)c(F)c1F. The van der Waals surface area contributed by atoms with E-state index in [4.69, 9.17) is 19.3 Å². The Labute approximate surface area is 178 Å². The molecule has 1 aromatic carbocycles. The van der Waals surface area contributed by atoms with Crippen molar-refractivity contribution in [1.82, 2.24) is 0 Å². The van der Waals surface area contributed by atoms with Gasteiger partial charge >= 0.3 is 7.60 Å². The predicted octanol–water partition coefficient (Wildman–Crippen LogP) is 5.93. The Morgan fingerprint density at radius 2 is 1.47 bits per heavy atom. The molecule has 1 aliphatic rings. The highest BCUT2D eigenvalue weighted by atomic mass is 31.2. The standard InChI is InChI=1S/C22H35F2O5P/c23-21-19(18-12-15-28-16-13-18)10-11-20(22(21)24)29-14-8-6-4-2-1-3-5-7-9-17-30(25,26)27/h10-11,18H,1-9,12-17H2,(H2,25,26,27). The fourth-order valence-electron chi connectivity index (χ4n) is 3.82. The summed E-state index contributed by atoms with van der Waals surface area (Å²) in [5.41, 5.74) is 0.421. The zero-order valence-electron chi connectivity index (χ0n) is 17.7. The molecule has 1 heterocycles. The molecule has 5 nitrogen and oxygen atoms in total. The lowest BCUT2D eigenvalue weighted by Gasteiger charge is -2.23. The largest absolute Gasteiger partial charge is 0.490 e. The summed E-state index contributed by atoms with van der Waals surface area (Å²) in [6.45, 7) is 1.54. The average Bonchev–Trinajstić information content (AvgIpc) is 2.71. The smallest absolute Gasteiger partial charge is 0.325 e. The molecule has 0 bridgehead atoms. The van der Waals surface area contributed by atoms with Crippen LogP contribution in [0.4, 0.5) is 8.78 Å². The Balaban J connectivity index is 1.53. The third-order valence-corrected chi connectivity index (χ3v) is 6.49. The van der Waals surface area contributed by atoms with Crippen LogP contribution in [0.5, 0.6) is 5.75 Å². The monoisotopic (exact) mass is 448 g/mol. The number of unbranched alkanes of at least 4 members (excludes halogenated alkanes) is 8. The summed E-state index contributed by atoms with van der Waals surface area (Å²) in [6.07, 6.45) is 9.94. The maximum absolute atomic E-state index is 14.4. The van der Waals surface area contributed by atoms with Crippen molar-refractivity contribution in [2.75, 3.05) is 26.0 Å². The van der Waals surface area contributed by atoms with Gasteiger partial charge in [0.15, 0.2) is 11.6 Å². The molecule has 0 atom stereocenters. The second kappa shape index (κ2) is 13.4. The van der Waals surface area contributed by atoms with Crippen molar-refractivity contribution in [3.05, 3.63) is 29.3 Å². The molecular formula is C22H35F2O5P. The van der Waals surface area contributed by atoms with Crippen molar-refractivity contribution >= 4 is 7.60 Å². The Hall–Kier alpha value is -1.01. The van der Waals surface area contributed by atoms with Gasteiger partial charge in [0.25, 0.3) is 0 Å². The molecule has 8 heteroatoms. The fourth-order valence-corrected chi connectivity index (χ4v) is 4.46. The first-order valence-corrected chi connectivity index (χ1v) is 12.9. The number of hydrogen-bond donors (Lipinski definition) is 2. The summed E-state index contributed by atoms with van der Waals surface area (Å²) in [4.78, 5) is 17.6. The summed E-state index contributed by atoms with van der Waals surface area (Å²) >= 11 is 0. The Morgan fingerprint density at radius 1 is 0.900 bits per heavy atom. The van der Waals surface area contributed by atoms with Gasteiger partial charge in [0.2, 0.25) is 5.82 Å². The Kier molecular flexibility index (Phi) is 11.3. The van der Waals surface area contributed by atoms with Crippen molar-refractivity contribution in [2.45, 2.75) is 76.5 Å². The van der Waals surface area contributed by atoms with Crippen molar-refractivity contribution in [3.63, 3.8) is 0 Å². The van der Waals surface area contributed by atoms with E-state index in [1.165, 1.54) is 6.07 Å². The van der Waals surface area contributed by atoms with E-state index in [0.717, 1.165) is 51.4 Å². The highest BCUT2D eigenvalue weighted by Gasteiger charge is 2.23. The molecule has 2 rings (SSSR count). The van der Waals surface area contributed by atoms with Crippen LogP contribution in [0.1, 0.15) is 82.1 Å². The van der Waals surface area contributed by atoms with Gasteiger partial charge in [-0.15, -0.1) is 0 Å². The summed E-state index contributed by atoms with van der Waals surface area (Å²) in [6, 6.07) is 3.18. The maximum atomic E-state index is 14.4. The second-order valence-corrected chi connectivity index (χ2v) is 9.86. The zero-order chi connectivity index (χ0) is 21.8. The molecule has 0 unspecified atom stereocenters. The number of ether oxygens (including phenoxy) is 2. The minimum Gasteiger partial charge on any atom is -0.490 e. The molecule has 30 heavy (non-hydrogen) atoms. The molecule has 1 aromatic rings. The lowest BCUT2D eigenvalue weighted by molar-refractivity contribution is 0.0844. The van der Waals surface area contributed by atoms with Gasteiger partial charge in [-0.05, 0) is 43.2 Å². The molecule has 0 saturated carbocycles. The zero-order valence-corrected chi connectivity index (χ0v) is 18.6. The van der Waals surface area contributed by atoms with Crippen molar-refractivity contribution < 1.29 is 32.6 Å². The Bertz CT molecular complexity index is 674. The van der Waals surface area contributed by atoms with Gasteiger partial charge in [0.05, 0.1) is 6.61 Å². The van der Waals surface area contributed by atoms with E-state index in [0.29, 0.717) is 44.6 Å². The summed E-state index contributed by atoms with van der Waals surface area (Å²) < 4.78 is 50.2. The highest BCUT2D eigenvalue weighted by Crippen LogP contribution is 2.35. The first-order chi connectivity index (χ1) is 14.4. The minimum atomic E-state index is -3.84. The summed E-state index contributed by atoms with van der Waals surface area (Å²) in [5, 5.41) is 0. The number of halogens is 2. The van der Waals surface area contributed by atoms with Gasteiger partial charge < -0.3 is 19.3 Å². The van der Waals surface area contributed by atoms with Crippen molar-refractivity contribution in [3.8, 4) is 5.75 Å². The molecule has 0 spiro atoms. The molecule has 1 saturated heterocycles. The van der Waals surface area contributed by atoms with E-state index in [1.807, 2.05) is 0 Å². The molecule has 0 amide bonds. The van der Waals surface area contributed by atoms with Crippen LogP contribution in [-0.2, 0) is 9.30 Å². The molecule has 0 aliphatic carbocycles. The van der Waals surface area contributed by atoms with E-state index in [9.17, 15) is 13.3 Å². The molecule has 1 fully saturated rings. The van der Waals surface area contributed by atoms with E-state index in [-0.39, 0.29) is 17.8 Å². The molecule has 0 aromatic heterocycles. The van der Waals surface area contributed by atoms with Crippen LogP contribution in [0.2, 0.25) is 0 Å². The van der Waals surface area contributed by atoms with E-state index in [2.05, 4.69) is 0 Å². The summed E-state index contributed by atoms with van der Waals surface area (Å²) in [5.74, 6) is -1.69. The lowest BCUT2D eigenvalue weighted by Crippen LogP contribution is -2.16. The van der Waals surface area contributed by atoms with Crippen LogP contribution in [0.25, 0.3) is 0 Å². The van der Waals surface area contributed by atoms with Crippen LogP contribution >= 0.6 is 7.60 Å². The van der Waals surface area contributed by atoms with Crippen LogP contribution in [0.3, 0.4) is 0 Å². The van der Waals surface area contributed by atoms with Crippen molar-refractivity contribution in [2.24, 2.45) is 0 Å².